The van der Waals surface area contributed by atoms with Crippen LogP contribution in [0.15, 0.2) is 154 Å². The van der Waals surface area contributed by atoms with E-state index < -0.39 is 8.24 Å². The standard InChI is InChI=1S/C50H42O3P2/c1-9-21-39-33(13-1)25-29-43-47(39)48-40-22-10-2-14-34(40)26-30-44(48)52-55(51-43)53-45-31-27-35-15-3-11-23-41(35)49(45)50-42-24-12-4-16-36(42)28-32-46(50)54(37-17-5-6-18-37)38-19-7-8-20-38/h1-4,9-16,21-32,37-38H,5-8,17-20H2. The molecule has 0 radical (unpaired) electrons. The first-order valence-corrected chi connectivity index (χ1v) is 22.6. The Morgan fingerprint density at radius 2 is 0.855 bits per heavy atom. The Morgan fingerprint density at radius 3 is 1.38 bits per heavy atom. The lowest BCUT2D eigenvalue weighted by Crippen LogP contribution is -2.21. The van der Waals surface area contributed by atoms with Crippen molar-refractivity contribution in [3.8, 4) is 16.9 Å². The number of hydrogen-bond acceptors (Lipinski definition) is 3. The van der Waals surface area contributed by atoms with E-state index in [2.05, 4.69) is 146 Å². The highest BCUT2D eigenvalue weighted by atomic mass is 31.1. The highest BCUT2D eigenvalue weighted by Gasteiger charge is 2.36. The van der Waals surface area contributed by atoms with Gasteiger partial charge in [0, 0.05) is 21.9 Å². The maximum Gasteiger partial charge on any atom is 0.453 e. The summed E-state index contributed by atoms with van der Waals surface area (Å²) in [6, 6.07) is 52.7. The van der Waals surface area contributed by atoms with Crippen LogP contribution in [-0.2, 0) is 0 Å². The van der Waals surface area contributed by atoms with Gasteiger partial charge in [0.2, 0.25) is 0 Å². The van der Waals surface area contributed by atoms with E-state index >= 15 is 0 Å². The van der Waals surface area contributed by atoms with Gasteiger partial charge in [-0.25, -0.2) is 0 Å². The molecule has 2 saturated carbocycles. The molecule has 2 aliphatic carbocycles. The van der Waals surface area contributed by atoms with Gasteiger partial charge in [0.15, 0.2) is 0 Å². The van der Waals surface area contributed by atoms with E-state index in [1.54, 1.807) is 5.30 Å². The van der Waals surface area contributed by atoms with Crippen LogP contribution in [-0.4, -0.2) is 11.3 Å². The van der Waals surface area contributed by atoms with Crippen molar-refractivity contribution in [1.29, 1.82) is 0 Å². The van der Waals surface area contributed by atoms with Crippen molar-refractivity contribution < 1.29 is 12.9 Å². The third-order valence-corrected chi connectivity index (χ3v) is 16.9. The minimum absolute atomic E-state index is 0.383. The minimum atomic E-state index is -1.90. The van der Waals surface area contributed by atoms with Crippen LogP contribution in [0.2, 0.25) is 0 Å². The summed E-state index contributed by atoms with van der Waals surface area (Å²) in [5, 5.41) is 13.2. The van der Waals surface area contributed by atoms with Gasteiger partial charge in [0.1, 0.15) is 16.9 Å². The molecule has 2 fully saturated rings. The second-order valence-corrected chi connectivity index (χ2v) is 19.2. The molecule has 11 rings (SSSR count). The summed E-state index contributed by atoms with van der Waals surface area (Å²) >= 11 is 0. The molecular weight excluding hydrogens is 710 g/mol. The fourth-order valence-electron chi connectivity index (χ4n) is 9.85. The summed E-state index contributed by atoms with van der Waals surface area (Å²) in [6.45, 7) is 0. The molecule has 0 unspecified atom stereocenters. The van der Waals surface area contributed by atoms with Gasteiger partial charge in [-0.15, -0.1) is 0 Å². The Bertz CT molecular complexity index is 2840. The van der Waals surface area contributed by atoms with Crippen molar-refractivity contribution in [2.24, 2.45) is 0 Å². The maximum atomic E-state index is 7.23. The van der Waals surface area contributed by atoms with E-state index in [-0.39, 0.29) is 7.92 Å². The molecule has 0 aliphatic heterocycles. The van der Waals surface area contributed by atoms with E-state index in [1.165, 1.54) is 78.5 Å². The third-order valence-electron chi connectivity index (χ3n) is 12.3. The zero-order valence-corrected chi connectivity index (χ0v) is 32.6. The maximum absolute atomic E-state index is 7.23. The molecule has 0 bridgehead atoms. The smallest absolute Gasteiger partial charge is 0.390 e. The zero-order valence-electron chi connectivity index (χ0n) is 30.8. The monoisotopic (exact) mass is 752 g/mol. The van der Waals surface area contributed by atoms with Crippen LogP contribution in [0, 0.1) is 0 Å². The van der Waals surface area contributed by atoms with Gasteiger partial charge in [-0.2, -0.15) is 0 Å². The third kappa shape index (κ3) is 5.75. The van der Waals surface area contributed by atoms with E-state index in [0.717, 1.165) is 66.1 Å². The number of benzene rings is 8. The van der Waals surface area contributed by atoms with Crippen molar-refractivity contribution in [2.45, 2.75) is 62.7 Å². The minimum Gasteiger partial charge on any atom is -0.390 e. The van der Waals surface area contributed by atoms with E-state index in [4.69, 9.17) is 12.9 Å². The summed E-state index contributed by atoms with van der Waals surface area (Å²) in [5.41, 5.74) is 5.60. The number of hydrogen-bond donors (Lipinski definition) is 0. The van der Waals surface area contributed by atoms with E-state index in [1.807, 2.05) is 0 Å². The Morgan fingerprint density at radius 1 is 0.436 bits per heavy atom. The summed E-state index contributed by atoms with van der Waals surface area (Å²) in [7, 11) is -2.28. The van der Waals surface area contributed by atoms with Crippen molar-refractivity contribution in [3.05, 3.63) is 146 Å². The lowest BCUT2D eigenvalue weighted by atomic mass is 9.93. The fourth-order valence-corrected chi connectivity index (χ4v) is 14.9. The van der Waals surface area contributed by atoms with Gasteiger partial charge in [-0.1, -0.05) is 161 Å². The molecule has 1 aromatic heterocycles. The lowest BCUT2D eigenvalue weighted by molar-refractivity contribution is 0.500. The van der Waals surface area contributed by atoms with Gasteiger partial charge in [-0.3, -0.25) is 0 Å². The first-order chi connectivity index (χ1) is 27.3. The van der Waals surface area contributed by atoms with Gasteiger partial charge in [-0.05, 0) is 104 Å². The fraction of sp³-hybridized carbons (Fsp3) is 0.200. The highest BCUT2D eigenvalue weighted by Crippen LogP contribution is 2.59. The average molecular weight is 753 g/mol. The van der Waals surface area contributed by atoms with Gasteiger partial charge in [0.25, 0.3) is 0 Å². The van der Waals surface area contributed by atoms with Gasteiger partial charge >= 0.3 is 8.24 Å². The van der Waals surface area contributed by atoms with Crippen LogP contribution in [0.4, 0.5) is 0 Å². The summed E-state index contributed by atoms with van der Waals surface area (Å²) < 4.78 is 21.1. The van der Waals surface area contributed by atoms with E-state index in [0.29, 0.717) is 0 Å². The largest absolute Gasteiger partial charge is 0.453 e. The Hall–Kier alpha value is -5.07. The van der Waals surface area contributed by atoms with Crippen molar-refractivity contribution >= 4 is 86.5 Å². The highest BCUT2D eigenvalue weighted by molar-refractivity contribution is 7.67. The molecule has 8 aromatic carbocycles. The molecular formula is C50H42O3P2. The predicted molar refractivity (Wildman–Crippen MR) is 235 cm³/mol. The van der Waals surface area contributed by atoms with Crippen molar-refractivity contribution in [3.63, 3.8) is 0 Å². The normalized spacial score (nSPS) is 15.4. The summed E-state index contributed by atoms with van der Waals surface area (Å²) in [4.78, 5) is 0. The molecule has 2 aliphatic rings. The van der Waals surface area contributed by atoms with Crippen LogP contribution in [0.25, 0.3) is 76.2 Å². The van der Waals surface area contributed by atoms with Crippen molar-refractivity contribution in [1.82, 2.24) is 0 Å². The SMILES string of the molecule is c1ccc2c(-c3c(P(C4CCCC4)C4CCCC4)ccc4ccccc34)c(Op3oc4ccc5ccccc5c4c4c(ccc5ccccc54)o3)ccc2c1. The van der Waals surface area contributed by atoms with Crippen molar-refractivity contribution in [2.75, 3.05) is 0 Å². The molecule has 1 heterocycles. The summed E-state index contributed by atoms with van der Waals surface area (Å²) in [5.74, 6) is 0.807. The van der Waals surface area contributed by atoms with Crippen LogP contribution in [0.5, 0.6) is 5.75 Å². The molecule has 0 atom stereocenters. The van der Waals surface area contributed by atoms with Crippen LogP contribution in [0.1, 0.15) is 51.4 Å². The predicted octanol–water partition coefficient (Wildman–Crippen LogP) is 15.4. The van der Waals surface area contributed by atoms with Crippen LogP contribution >= 0.6 is 16.2 Å². The Labute approximate surface area is 323 Å². The first kappa shape index (κ1) is 33.3. The second-order valence-electron chi connectivity index (χ2n) is 15.4. The topological polar surface area (TPSA) is 35.5 Å². The van der Waals surface area contributed by atoms with E-state index in [9.17, 15) is 0 Å². The molecule has 9 aromatic rings. The Kier molecular flexibility index (Phi) is 8.41. The molecule has 270 valence electrons. The molecule has 0 spiro atoms. The number of fused-ring (bicyclic) bond motifs is 9. The zero-order chi connectivity index (χ0) is 36.3. The molecule has 0 amide bonds. The molecule has 0 N–H and O–H groups in total. The lowest BCUT2D eigenvalue weighted by Gasteiger charge is -2.33. The molecule has 3 nitrogen and oxygen atoms in total. The molecule has 5 heteroatoms. The number of rotatable bonds is 6. The van der Waals surface area contributed by atoms with Gasteiger partial charge < -0.3 is 12.9 Å². The van der Waals surface area contributed by atoms with Gasteiger partial charge in [0.05, 0.1) is 0 Å². The average Bonchev–Trinajstić information content (AvgIpc) is 3.95. The first-order valence-electron chi connectivity index (χ1n) is 20.0. The molecule has 0 saturated heterocycles. The molecule has 55 heavy (non-hydrogen) atoms. The second kappa shape index (κ2) is 13.9. The van der Waals surface area contributed by atoms with Crippen LogP contribution in [0.3, 0.4) is 0 Å². The van der Waals surface area contributed by atoms with Crippen LogP contribution < -0.4 is 9.83 Å². The quantitative estimate of drug-likeness (QED) is 0.159. The Balaban J connectivity index is 1.20. The summed E-state index contributed by atoms with van der Waals surface area (Å²) in [6.07, 6.45) is 10.8.